The molecule has 122 valence electrons. The van der Waals surface area contributed by atoms with Gasteiger partial charge in [0.2, 0.25) is 0 Å². The molecule has 0 saturated carbocycles. The highest BCUT2D eigenvalue weighted by atomic mass is 32.1. The van der Waals surface area contributed by atoms with Gasteiger partial charge in [0.05, 0.1) is 15.8 Å². The SMILES string of the molecule is O=C(O)c1ccc2nc(N3CCN(c4ccncc4)CC3)sc2c1. The molecule has 1 fully saturated rings. The molecule has 6 nitrogen and oxygen atoms in total. The number of thiazole rings is 1. The second kappa shape index (κ2) is 6.09. The maximum atomic E-state index is 11.1. The molecule has 2 aromatic heterocycles. The van der Waals surface area contributed by atoms with Crippen molar-refractivity contribution in [2.75, 3.05) is 36.0 Å². The Labute approximate surface area is 143 Å². The second-order valence-electron chi connectivity index (χ2n) is 5.66. The number of carbonyl (C=O) groups is 1. The van der Waals surface area contributed by atoms with Crippen molar-refractivity contribution in [3.05, 3.63) is 48.3 Å². The Morgan fingerprint density at radius 3 is 2.46 bits per heavy atom. The van der Waals surface area contributed by atoms with Crippen LogP contribution in [-0.2, 0) is 0 Å². The maximum Gasteiger partial charge on any atom is 0.335 e. The normalized spacial score (nSPS) is 15.0. The summed E-state index contributed by atoms with van der Waals surface area (Å²) in [6.07, 6.45) is 3.63. The lowest BCUT2D eigenvalue weighted by molar-refractivity contribution is 0.0697. The van der Waals surface area contributed by atoms with Crippen LogP contribution >= 0.6 is 11.3 Å². The van der Waals surface area contributed by atoms with E-state index in [0.717, 1.165) is 41.5 Å². The number of aromatic nitrogens is 2. The van der Waals surface area contributed by atoms with Gasteiger partial charge in [-0.05, 0) is 30.3 Å². The van der Waals surface area contributed by atoms with Crippen LogP contribution in [0.3, 0.4) is 0 Å². The number of carboxylic acid groups (broad SMARTS) is 1. The van der Waals surface area contributed by atoms with Crippen LogP contribution in [0.5, 0.6) is 0 Å². The van der Waals surface area contributed by atoms with Crippen LogP contribution in [0.1, 0.15) is 10.4 Å². The van der Waals surface area contributed by atoms with Crippen molar-refractivity contribution in [1.82, 2.24) is 9.97 Å². The molecule has 1 aliphatic heterocycles. The number of fused-ring (bicyclic) bond motifs is 1. The van der Waals surface area contributed by atoms with Crippen molar-refractivity contribution >= 4 is 38.3 Å². The van der Waals surface area contributed by atoms with Crippen molar-refractivity contribution in [2.24, 2.45) is 0 Å². The van der Waals surface area contributed by atoms with Gasteiger partial charge < -0.3 is 14.9 Å². The summed E-state index contributed by atoms with van der Waals surface area (Å²) in [5.41, 5.74) is 2.36. The average Bonchev–Trinajstić information content (AvgIpc) is 3.06. The minimum Gasteiger partial charge on any atom is -0.478 e. The monoisotopic (exact) mass is 340 g/mol. The number of hydrogen-bond acceptors (Lipinski definition) is 6. The Balaban J connectivity index is 1.51. The van der Waals surface area contributed by atoms with E-state index in [2.05, 4.69) is 19.8 Å². The van der Waals surface area contributed by atoms with Crippen molar-refractivity contribution in [1.29, 1.82) is 0 Å². The van der Waals surface area contributed by atoms with Gasteiger partial charge in [-0.3, -0.25) is 4.98 Å². The fourth-order valence-electron chi connectivity index (χ4n) is 2.89. The minimum atomic E-state index is -0.905. The van der Waals surface area contributed by atoms with Crippen LogP contribution in [0.2, 0.25) is 0 Å². The van der Waals surface area contributed by atoms with Gasteiger partial charge in [-0.2, -0.15) is 0 Å². The van der Waals surface area contributed by atoms with Gasteiger partial charge in [0.15, 0.2) is 5.13 Å². The summed E-state index contributed by atoms with van der Waals surface area (Å²) in [4.78, 5) is 24.4. The van der Waals surface area contributed by atoms with Gasteiger partial charge in [-0.15, -0.1) is 0 Å². The summed E-state index contributed by atoms with van der Waals surface area (Å²) >= 11 is 1.56. The number of hydrogen-bond donors (Lipinski definition) is 1. The van der Waals surface area contributed by atoms with Gasteiger partial charge >= 0.3 is 5.97 Å². The Bertz CT molecular complexity index is 873. The van der Waals surface area contributed by atoms with Crippen molar-refractivity contribution < 1.29 is 9.90 Å². The van der Waals surface area contributed by atoms with E-state index in [1.54, 1.807) is 29.5 Å². The van der Waals surface area contributed by atoms with E-state index in [9.17, 15) is 4.79 Å². The predicted molar refractivity (Wildman–Crippen MR) is 95.2 cm³/mol. The third-order valence-corrected chi connectivity index (χ3v) is 5.28. The molecule has 7 heteroatoms. The first-order valence-corrected chi connectivity index (χ1v) is 8.56. The molecule has 0 unspecified atom stereocenters. The number of piperazine rings is 1. The summed E-state index contributed by atoms with van der Waals surface area (Å²) in [7, 11) is 0. The first-order chi connectivity index (χ1) is 11.7. The first-order valence-electron chi connectivity index (χ1n) is 7.74. The van der Waals surface area contributed by atoms with Crippen molar-refractivity contribution in [3.63, 3.8) is 0 Å². The van der Waals surface area contributed by atoms with Gasteiger partial charge in [0.25, 0.3) is 0 Å². The summed E-state index contributed by atoms with van der Waals surface area (Å²) in [6.45, 7) is 3.66. The van der Waals surface area contributed by atoms with E-state index >= 15 is 0 Å². The van der Waals surface area contributed by atoms with Crippen LogP contribution < -0.4 is 9.80 Å². The average molecular weight is 340 g/mol. The van der Waals surface area contributed by atoms with Crippen molar-refractivity contribution in [3.8, 4) is 0 Å². The van der Waals surface area contributed by atoms with Crippen LogP contribution in [-0.4, -0.2) is 47.2 Å². The largest absolute Gasteiger partial charge is 0.478 e. The Morgan fingerprint density at radius 1 is 1.04 bits per heavy atom. The van der Waals surface area contributed by atoms with E-state index < -0.39 is 5.97 Å². The topological polar surface area (TPSA) is 69.6 Å². The zero-order valence-corrected chi connectivity index (χ0v) is 13.7. The summed E-state index contributed by atoms with van der Waals surface area (Å²) in [5.74, 6) is -0.905. The molecule has 4 rings (SSSR count). The zero-order chi connectivity index (χ0) is 16.5. The molecular formula is C17H16N4O2S. The van der Waals surface area contributed by atoms with Gasteiger partial charge in [-0.1, -0.05) is 11.3 Å². The lowest BCUT2D eigenvalue weighted by Gasteiger charge is -2.35. The number of benzene rings is 1. The molecule has 0 radical (unpaired) electrons. The highest BCUT2D eigenvalue weighted by molar-refractivity contribution is 7.22. The molecule has 1 aliphatic rings. The second-order valence-corrected chi connectivity index (χ2v) is 6.67. The van der Waals surface area contributed by atoms with Crippen LogP contribution in [0.4, 0.5) is 10.8 Å². The number of pyridine rings is 1. The van der Waals surface area contributed by atoms with Gasteiger partial charge in [0, 0.05) is 44.3 Å². The van der Waals surface area contributed by atoms with E-state index in [4.69, 9.17) is 5.11 Å². The Morgan fingerprint density at radius 2 is 1.75 bits per heavy atom. The van der Waals surface area contributed by atoms with Crippen molar-refractivity contribution in [2.45, 2.75) is 0 Å². The quantitative estimate of drug-likeness (QED) is 0.791. The van der Waals surface area contributed by atoms with Crippen LogP contribution in [0.15, 0.2) is 42.7 Å². The lowest BCUT2D eigenvalue weighted by atomic mass is 10.2. The molecule has 0 spiro atoms. The Hall–Kier alpha value is -2.67. The molecule has 0 bridgehead atoms. The fraction of sp³-hybridized carbons (Fsp3) is 0.235. The molecular weight excluding hydrogens is 324 g/mol. The summed E-state index contributed by atoms with van der Waals surface area (Å²) < 4.78 is 0.918. The minimum absolute atomic E-state index is 0.306. The zero-order valence-electron chi connectivity index (χ0n) is 12.9. The van der Waals surface area contributed by atoms with E-state index in [0.29, 0.717) is 5.56 Å². The first kappa shape index (κ1) is 14.9. The molecule has 0 aliphatic carbocycles. The molecule has 1 N–H and O–H groups in total. The standard InChI is InChI=1S/C17H16N4O2S/c22-16(23)12-1-2-14-15(11-12)24-17(19-14)21-9-7-20(8-10-21)13-3-5-18-6-4-13/h1-6,11H,7-10H2,(H,22,23). The van der Waals surface area contributed by atoms with Crippen LogP contribution in [0, 0.1) is 0 Å². The number of nitrogens with zero attached hydrogens (tertiary/aromatic N) is 4. The highest BCUT2D eigenvalue weighted by Crippen LogP contribution is 2.30. The summed E-state index contributed by atoms with van der Waals surface area (Å²) in [5, 5.41) is 10.1. The maximum absolute atomic E-state index is 11.1. The predicted octanol–water partition coefficient (Wildman–Crippen LogP) is 2.72. The van der Waals surface area contributed by atoms with Gasteiger partial charge in [-0.25, -0.2) is 9.78 Å². The van der Waals surface area contributed by atoms with E-state index in [1.807, 2.05) is 24.5 Å². The lowest BCUT2D eigenvalue weighted by Crippen LogP contribution is -2.46. The molecule has 24 heavy (non-hydrogen) atoms. The molecule has 3 heterocycles. The third-order valence-electron chi connectivity index (χ3n) is 4.20. The fourth-order valence-corrected chi connectivity index (χ4v) is 3.95. The molecule has 1 aromatic carbocycles. The molecule has 0 amide bonds. The molecule has 1 saturated heterocycles. The van der Waals surface area contributed by atoms with E-state index in [1.165, 1.54) is 5.69 Å². The number of carboxylic acids is 1. The number of anilines is 2. The Kier molecular flexibility index (Phi) is 3.78. The number of aromatic carboxylic acids is 1. The smallest absolute Gasteiger partial charge is 0.335 e. The molecule has 0 atom stereocenters. The summed E-state index contributed by atoms with van der Waals surface area (Å²) in [6, 6.07) is 9.15. The van der Waals surface area contributed by atoms with E-state index in [-0.39, 0.29) is 0 Å². The molecule has 3 aromatic rings. The number of rotatable bonds is 3. The highest BCUT2D eigenvalue weighted by Gasteiger charge is 2.20. The van der Waals surface area contributed by atoms with Crippen LogP contribution in [0.25, 0.3) is 10.2 Å². The third kappa shape index (κ3) is 2.78. The van der Waals surface area contributed by atoms with Gasteiger partial charge in [0.1, 0.15) is 0 Å².